The Balaban J connectivity index is 1.58. The Morgan fingerprint density at radius 3 is 2.66 bits per heavy atom. The minimum Gasteiger partial charge on any atom is -0.486 e. The van der Waals surface area contributed by atoms with Crippen LogP contribution < -0.4 is 20.7 Å². The Bertz CT molecular complexity index is 1180. The van der Waals surface area contributed by atoms with Crippen molar-refractivity contribution < 1.29 is 14.3 Å². The van der Waals surface area contributed by atoms with Crippen LogP contribution in [0.15, 0.2) is 52.1 Å². The number of rotatable bonds is 5. The Kier molecular flexibility index (Phi) is 5.07. The number of fused-ring (bicyclic) bond motifs is 2. The predicted molar refractivity (Wildman–Crippen MR) is 107 cm³/mol. The molecule has 2 heterocycles. The molecule has 0 aliphatic carbocycles. The van der Waals surface area contributed by atoms with Gasteiger partial charge in [-0.05, 0) is 36.8 Å². The first-order valence-electron chi connectivity index (χ1n) is 9.45. The first-order valence-corrected chi connectivity index (χ1v) is 9.45. The lowest BCUT2D eigenvalue weighted by Crippen LogP contribution is -2.38. The van der Waals surface area contributed by atoms with Gasteiger partial charge in [0.1, 0.15) is 19.8 Å². The second kappa shape index (κ2) is 7.83. The average Bonchev–Trinajstić information content (AvgIpc) is 2.74. The molecule has 0 saturated heterocycles. The van der Waals surface area contributed by atoms with Gasteiger partial charge in [-0.25, -0.2) is 4.79 Å². The highest BCUT2D eigenvalue weighted by Gasteiger charge is 2.18. The summed E-state index contributed by atoms with van der Waals surface area (Å²) < 4.78 is 12.4. The van der Waals surface area contributed by atoms with Crippen LogP contribution in [0.3, 0.4) is 0 Å². The molecule has 0 unspecified atom stereocenters. The summed E-state index contributed by atoms with van der Waals surface area (Å²) in [7, 11) is 0. The smallest absolute Gasteiger partial charge is 0.329 e. The van der Waals surface area contributed by atoms with Crippen LogP contribution in [0.2, 0.25) is 0 Å². The van der Waals surface area contributed by atoms with Gasteiger partial charge in [-0.3, -0.25) is 19.1 Å². The van der Waals surface area contributed by atoms with Crippen molar-refractivity contribution >= 4 is 16.8 Å². The van der Waals surface area contributed by atoms with Crippen molar-refractivity contribution in [2.24, 2.45) is 0 Å². The highest BCUT2D eigenvalue weighted by atomic mass is 16.6. The molecule has 3 aromatic rings. The minimum atomic E-state index is -0.600. The van der Waals surface area contributed by atoms with Gasteiger partial charge in [0.05, 0.1) is 10.9 Å². The van der Waals surface area contributed by atoms with Crippen LogP contribution in [-0.2, 0) is 17.9 Å². The fourth-order valence-corrected chi connectivity index (χ4v) is 3.42. The molecule has 0 radical (unpaired) electrons. The summed E-state index contributed by atoms with van der Waals surface area (Å²) in [6, 6.07) is 12.3. The lowest BCUT2D eigenvalue weighted by molar-refractivity contribution is -0.132. The molecule has 8 heteroatoms. The van der Waals surface area contributed by atoms with E-state index in [-0.39, 0.29) is 12.5 Å². The number of amides is 1. The van der Waals surface area contributed by atoms with Crippen molar-refractivity contribution in [3.8, 4) is 11.5 Å². The molecule has 1 aliphatic rings. The number of likely N-dealkylation sites (N-methyl/N-ethyl adjacent to an activating group) is 1. The number of hydrogen-bond acceptors (Lipinski definition) is 5. The van der Waals surface area contributed by atoms with Gasteiger partial charge in [-0.1, -0.05) is 18.2 Å². The number of carbonyl (C=O) groups is 1. The van der Waals surface area contributed by atoms with E-state index in [2.05, 4.69) is 4.98 Å². The summed E-state index contributed by atoms with van der Waals surface area (Å²) in [5.41, 5.74) is 0.281. The summed E-state index contributed by atoms with van der Waals surface area (Å²) in [5, 5.41) is 0.370. The molecule has 150 valence electrons. The van der Waals surface area contributed by atoms with E-state index in [0.717, 1.165) is 5.56 Å². The molecule has 4 rings (SSSR count). The van der Waals surface area contributed by atoms with Crippen LogP contribution in [0.4, 0.5) is 0 Å². The SMILES string of the molecule is CCN(Cc1ccc2c(c1)OCCO2)C(=O)Cn1c(=O)[nH]c(=O)c2ccccc21. The monoisotopic (exact) mass is 395 g/mol. The first kappa shape index (κ1) is 18.8. The molecule has 1 aromatic heterocycles. The molecule has 0 spiro atoms. The van der Waals surface area contributed by atoms with E-state index in [0.29, 0.717) is 48.7 Å². The highest BCUT2D eigenvalue weighted by molar-refractivity contribution is 5.81. The molecular weight excluding hydrogens is 374 g/mol. The number of benzene rings is 2. The zero-order valence-corrected chi connectivity index (χ0v) is 16.0. The van der Waals surface area contributed by atoms with Gasteiger partial charge in [0.2, 0.25) is 5.91 Å². The van der Waals surface area contributed by atoms with Gasteiger partial charge in [-0.2, -0.15) is 0 Å². The lowest BCUT2D eigenvalue weighted by atomic mass is 10.1. The number of nitrogens with zero attached hydrogens (tertiary/aromatic N) is 2. The molecular formula is C21H21N3O5. The number of hydrogen-bond donors (Lipinski definition) is 1. The Labute approximate surface area is 166 Å². The fraction of sp³-hybridized carbons (Fsp3) is 0.286. The fourth-order valence-electron chi connectivity index (χ4n) is 3.42. The molecule has 2 aromatic carbocycles. The second-order valence-corrected chi connectivity index (χ2v) is 6.75. The number of carbonyl (C=O) groups excluding carboxylic acids is 1. The van der Waals surface area contributed by atoms with Crippen molar-refractivity contribution in [1.29, 1.82) is 0 Å². The van der Waals surface area contributed by atoms with Crippen LogP contribution in [0, 0.1) is 0 Å². The number of ether oxygens (including phenoxy) is 2. The third-order valence-corrected chi connectivity index (χ3v) is 4.91. The summed E-state index contributed by atoms with van der Waals surface area (Å²) in [4.78, 5) is 41.2. The molecule has 1 amide bonds. The number of aromatic amines is 1. The summed E-state index contributed by atoms with van der Waals surface area (Å²) in [6.45, 7) is 3.59. The maximum atomic E-state index is 12.9. The van der Waals surface area contributed by atoms with E-state index in [1.165, 1.54) is 4.57 Å². The van der Waals surface area contributed by atoms with E-state index in [1.807, 2.05) is 25.1 Å². The Morgan fingerprint density at radius 1 is 1.10 bits per heavy atom. The molecule has 8 nitrogen and oxygen atoms in total. The maximum Gasteiger partial charge on any atom is 0.329 e. The van der Waals surface area contributed by atoms with Crippen molar-refractivity contribution in [3.05, 3.63) is 68.9 Å². The van der Waals surface area contributed by atoms with Crippen molar-refractivity contribution in [3.63, 3.8) is 0 Å². The third-order valence-electron chi connectivity index (χ3n) is 4.91. The number of aromatic nitrogens is 2. The van der Waals surface area contributed by atoms with Crippen LogP contribution in [-0.4, -0.2) is 40.1 Å². The number of para-hydroxylation sites is 1. The van der Waals surface area contributed by atoms with E-state index in [9.17, 15) is 14.4 Å². The van der Waals surface area contributed by atoms with Crippen LogP contribution in [0.5, 0.6) is 11.5 Å². The molecule has 1 aliphatic heterocycles. The van der Waals surface area contributed by atoms with Gasteiger partial charge < -0.3 is 14.4 Å². The summed E-state index contributed by atoms with van der Waals surface area (Å²) in [5.74, 6) is 1.14. The largest absolute Gasteiger partial charge is 0.486 e. The van der Waals surface area contributed by atoms with E-state index in [4.69, 9.17) is 9.47 Å². The second-order valence-electron chi connectivity index (χ2n) is 6.75. The van der Waals surface area contributed by atoms with Crippen molar-refractivity contribution in [2.45, 2.75) is 20.0 Å². The van der Waals surface area contributed by atoms with Crippen molar-refractivity contribution in [2.75, 3.05) is 19.8 Å². The topological polar surface area (TPSA) is 93.6 Å². The zero-order valence-electron chi connectivity index (χ0n) is 16.0. The molecule has 0 bridgehead atoms. The summed E-state index contributed by atoms with van der Waals surface area (Å²) in [6.07, 6.45) is 0. The standard InChI is InChI=1S/C21H21N3O5/c1-2-23(12-14-7-8-17-18(11-14)29-10-9-28-17)19(25)13-24-16-6-4-3-5-15(16)20(26)22-21(24)27/h3-8,11H,2,9-10,12-13H2,1H3,(H,22,26,27). The maximum absolute atomic E-state index is 12.9. The van der Waals surface area contributed by atoms with Crippen LogP contribution in [0.25, 0.3) is 10.9 Å². The Hall–Kier alpha value is -3.55. The zero-order chi connectivity index (χ0) is 20.4. The van der Waals surface area contributed by atoms with Gasteiger partial charge >= 0.3 is 5.69 Å². The number of H-pyrrole nitrogens is 1. The summed E-state index contributed by atoms with van der Waals surface area (Å²) >= 11 is 0. The minimum absolute atomic E-state index is 0.158. The van der Waals surface area contributed by atoms with E-state index < -0.39 is 11.2 Å². The predicted octanol–water partition coefficient (Wildman–Crippen LogP) is 1.51. The number of nitrogens with one attached hydrogen (secondary N) is 1. The molecule has 0 atom stereocenters. The lowest BCUT2D eigenvalue weighted by Gasteiger charge is -2.23. The van der Waals surface area contributed by atoms with Gasteiger partial charge in [-0.15, -0.1) is 0 Å². The third kappa shape index (κ3) is 3.73. The molecule has 1 N–H and O–H groups in total. The molecule has 0 fully saturated rings. The van der Waals surface area contributed by atoms with Gasteiger partial charge in [0, 0.05) is 13.1 Å². The molecule has 0 saturated carbocycles. The Morgan fingerprint density at radius 2 is 1.86 bits per heavy atom. The van der Waals surface area contributed by atoms with E-state index in [1.54, 1.807) is 29.2 Å². The average molecular weight is 395 g/mol. The highest BCUT2D eigenvalue weighted by Crippen LogP contribution is 2.31. The van der Waals surface area contributed by atoms with Crippen LogP contribution >= 0.6 is 0 Å². The normalized spacial score (nSPS) is 12.7. The van der Waals surface area contributed by atoms with Gasteiger partial charge in [0.15, 0.2) is 11.5 Å². The quantitative estimate of drug-likeness (QED) is 0.707. The van der Waals surface area contributed by atoms with Crippen molar-refractivity contribution in [1.82, 2.24) is 14.5 Å². The van der Waals surface area contributed by atoms with Gasteiger partial charge in [0.25, 0.3) is 5.56 Å². The van der Waals surface area contributed by atoms with E-state index >= 15 is 0 Å². The first-order chi connectivity index (χ1) is 14.1. The van der Waals surface area contributed by atoms with Crippen LogP contribution in [0.1, 0.15) is 12.5 Å². The molecule has 29 heavy (non-hydrogen) atoms.